The van der Waals surface area contributed by atoms with Crippen LogP contribution in [-0.2, 0) is 0 Å². The Balaban J connectivity index is 3.10. The molecule has 0 bridgehead atoms. The summed E-state index contributed by atoms with van der Waals surface area (Å²) in [4.78, 5) is 0. The predicted octanol–water partition coefficient (Wildman–Crippen LogP) is 3.01. The van der Waals surface area contributed by atoms with Crippen molar-refractivity contribution in [3.05, 3.63) is 0 Å². The van der Waals surface area contributed by atoms with Crippen molar-refractivity contribution in [2.75, 3.05) is 0 Å². The summed E-state index contributed by atoms with van der Waals surface area (Å²) < 4.78 is 0. The van der Waals surface area contributed by atoms with Gasteiger partial charge in [0, 0.05) is 12.8 Å². The van der Waals surface area contributed by atoms with Gasteiger partial charge in [-0.25, -0.2) is 0 Å². The van der Waals surface area contributed by atoms with Crippen molar-refractivity contribution in [2.24, 2.45) is 5.92 Å². The van der Waals surface area contributed by atoms with Gasteiger partial charge in [-0.15, -0.1) is 0 Å². The molecule has 0 spiro atoms. The first-order chi connectivity index (χ1) is 5.81. The minimum absolute atomic E-state index is 0.525. The molecule has 0 N–H and O–H groups in total. The molecule has 0 aliphatic heterocycles. The summed E-state index contributed by atoms with van der Waals surface area (Å²) in [5.41, 5.74) is 0. The van der Waals surface area contributed by atoms with Crippen LogP contribution < -0.4 is 0 Å². The molecule has 2 heteroatoms. The van der Waals surface area contributed by atoms with E-state index in [9.17, 15) is 0 Å². The fourth-order valence-electron chi connectivity index (χ4n) is 1.13. The lowest BCUT2D eigenvalue weighted by atomic mass is 10.0. The second kappa shape index (κ2) is 8.08. The van der Waals surface area contributed by atoms with E-state index in [1.807, 2.05) is 0 Å². The van der Waals surface area contributed by atoms with E-state index >= 15 is 0 Å². The van der Waals surface area contributed by atoms with Crippen molar-refractivity contribution >= 4 is 0 Å². The maximum atomic E-state index is 8.38. The van der Waals surface area contributed by atoms with Gasteiger partial charge in [0.15, 0.2) is 0 Å². The summed E-state index contributed by atoms with van der Waals surface area (Å²) in [6, 6.07) is 4.30. The van der Waals surface area contributed by atoms with Crippen LogP contribution >= 0.6 is 0 Å². The monoisotopic (exact) mass is 164 g/mol. The SMILES string of the molecule is CC(CC#N)CCCCCC#N. The number of rotatable bonds is 6. The maximum Gasteiger partial charge on any atom is 0.0624 e. The van der Waals surface area contributed by atoms with Crippen LogP contribution in [0.3, 0.4) is 0 Å². The molecule has 12 heavy (non-hydrogen) atoms. The summed E-state index contributed by atoms with van der Waals surface area (Å²) in [5.74, 6) is 0.525. The lowest BCUT2D eigenvalue weighted by Gasteiger charge is -2.04. The second-order valence-electron chi connectivity index (χ2n) is 3.22. The Bertz CT molecular complexity index is 173. The first kappa shape index (κ1) is 11.0. The zero-order valence-electron chi connectivity index (χ0n) is 7.71. The van der Waals surface area contributed by atoms with E-state index in [-0.39, 0.29) is 0 Å². The van der Waals surface area contributed by atoms with Crippen LogP contribution in [0.5, 0.6) is 0 Å². The van der Waals surface area contributed by atoms with Gasteiger partial charge >= 0.3 is 0 Å². The van der Waals surface area contributed by atoms with Crippen LogP contribution in [0.1, 0.15) is 45.4 Å². The maximum absolute atomic E-state index is 8.38. The van der Waals surface area contributed by atoms with E-state index in [1.165, 1.54) is 0 Å². The highest BCUT2D eigenvalue weighted by Crippen LogP contribution is 2.12. The molecule has 0 amide bonds. The Labute approximate surface area is 74.8 Å². The van der Waals surface area contributed by atoms with Gasteiger partial charge in [-0.3, -0.25) is 0 Å². The van der Waals surface area contributed by atoms with Gasteiger partial charge < -0.3 is 0 Å². The zero-order valence-corrected chi connectivity index (χ0v) is 7.71. The molecule has 2 nitrogen and oxygen atoms in total. The molecule has 0 radical (unpaired) electrons. The van der Waals surface area contributed by atoms with Crippen molar-refractivity contribution in [1.82, 2.24) is 0 Å². The molecule has 0 aromatic heterocycles. The Kier molecular flexibility index (Phi) is 7.39. The molecule has 0 saturated carbocycles. The summed E-state index contributed by atoms with van der Waals surface area (Å²) in [5, 5.41) is 16.7. The minimum Gasteiger partial charge on any atom is -0.198 e. The predicted molar refractivity (Wildman–Crippen MR) is 48.1 cm³/mol. The van der Waals surface area contributed by atoms with Gasteiger partial charge in [0.05, 0.1) is 12.1 Å². The van der Waals surface area contributed by atoms with E-state index < -0.39 is 0 Å². The summed E-state index contributed by atoms with van der Waals surface area (Å²) in [6.45, 7) is 2.10. The van der Waals surface area contributed by atoms with Crippen LogP contribution in [0.4, 0.5) is 0 Å². The van der Waals surface area contributed by atoms with Crippen LogP contribution in [0.15, 0.2) is 0 Å². The smallest absolute Gasteiger partial charge is 0.0624 e. The molecule has 1 atom stereocenters. The van der Waals surface area contributed by atoms with Crippen molar-refractivity contribution in [3.8, 4) is 12.1 Å². The Morgan fingerprint density at radius 1 is 1.08 bits per heavy atom. The lowest BCUT2D eigenvalue weighted by Crippen LogP contribution is -1.92. The first-order valence-corrected chi connectivity index (χ1v) is 4.55. The minimum atomic E-state index is 0.525. The molecule has 0 aromatic rings. The van der Waals surface area contributed by atoms with Gasteiger partial charge in [0.25, 0.3) is 0 Å². The van der Waals surface area contributed by atoms with Gasteiger partial charge in [0.2, 0.25) is 0 Å². The summed E-state index contributed by atoms with van der Waals surface area (Å²) in [7, 11) is 0. The average molecular weight is 164 g/mol. The zero-order chi connectivity index (χ0) is 9.23. The van der Waals surface area contributed by atoms with Crippen molar-refractivity contribution < 1.29 is 0 Å². The topological polar surface area (TPSA) is 47.6 Å². The van der Waals surface area contributed by atoms with Crippen LogP contribution in [0.2, 0.25) is 0 Å². The van der Waals surface area contributed by atoms with E-state index in [4.69, 9.17) is 10.5 Å². The highest BCUT2D eigenvalue weighted by atomic mass is 14.2. The van der Waals surface area contributed by atoms with Crippen LogP contribution in [-0.4, -0.2) is 0 Å². The van der Waals surface area contributed by atoms with E-state index in [0.717, 1.165) is 25.7 Å². The molecule has 0 fully saturated rings. The molecule has 0 aliphatic rings. The number of nitrogens with zero attached hydrogens (tertiary/aromatic N) is 2. The summed E-state index contributed by atoms with van der Waals surface area (Å²) >= 11 is 0. The molecule has 66 valence electrons. The van der Waals surface area contributed by atoms with Crippen molar-refractivity contribution in [2.45, 2.75) is 45.4 Å². The van der Waals surface area contributed by atoms with E-state index in [0.29, 0.717) is 18.8 Å². The van der Waals surface area contributed by atoms with E-state index in [1.54, 1.807) is 0 Å². The first-order valence-electron chi connectivity index (χ1n) is 4.55. The largest absolute Gasteiger partial charge is 0.198 e. The van der Waals surface area contributed by atoms with Gasteiger partial charge in [-0.1, -0.05) is 19.8 Å². The number of unbranched alkanes of at least 4 members (excludes halogenated alkanes) is 3. The fourth-order valence-corrected chi connectivity index (χ4v) is 1.13. The molecule has 0 aromatic carbocycles. The molecular formula is C10H16N2. The quantitative estimate of drug-likeness (QED) is 0.566. The third-order valence-electron chi connectivity index (χ3n) is 1.93. The van der Waals surface area contributed by atoms with Crippen molar-refractivity contribution in [1.29, 1.82) is 10.5 Å². The number of hydrogen-bond acceptors (Lipinski definition) is 2. The van der Waals surface area contributed by atoms with Crippen LogP contribution in [0.25, 0.3) is 0 Å². The Morgan fingerprint density at radius 2 is 1.83 bits per heavy atom. The molecule has 0 rings (SSSR count). The fraction of sp³-hybridized carbons (Fsp3) is 0.800. The molecular weight excluding hydrogens is 148 g/mol. The second-order valence-corrected chi connectivity index (χ2v) is 3.22. The molecule has 0 heterocycles. The van der Waals surface area contributed by atoms with Crippen molar-refractivity contribution in [3.63, 3.8) is 0 Å². The normalized spacial score (nSPS) is 11.6. The molecule has 0 aliphatic carbocycles. The summed E-state index contributed by atoms with van der Waals surface area (Å²) in [6.07, 6.45) is 5.76. The van der Waals surface area contributed by atoms with Gasteiger partial charge in [-0.2, -0.15) is 10.5 Å². The van der Waals surface area contributed by atoms with E-state index in [2.05, 4.69) is 19.1 Å². The number of nitriles is 2. The highest BCUT2D eigenvalue weighted by molar-refractivity contribution is 4.73. The van der Waals surface area contributed by atoms with Crippen LogP contribution in [0, 0.1) is 28.6 Å². The van der Waals surface area contributed by atoms with Gasteiger partial charge in [-0.05, 0) is 18.8 Å². The number of hydrogen-bond donors (Lipinski definition) is 0. The molecule has 0 saturated heterocycles. The lowest BCUT2D eigenvalue weighted by molar-refractivity contribution is 0.501. The standard InChI is InChI=1S/C10H16N2/c1-10(7-9-12)6-4-2-3-5-8-11/h10H,2-7H2,1H3. The molecule has 1 unspecified atom stereocenters. The van der Waals surface area contributed by atoms with Gasteiger partial charge in [0.1, 0.15) is 0 Å². The Hall–Kier alpha value is -1.02. The average Bonchev–Trinajstić information content (AvgIpc) is 2.05. The third-order valence-corrected chi connectivity index (χ3v) is 1.93. The third kappa shape index (κ3) is 7.09. The Morgan fingerprint density at radius 3 is 2.42 bits per heavy atom. The highest BCUT2D eigenvalue weighted by Gasteiger charge is 1.99.